The van der Waals surface area contributed by atoms with Crippen LogP contribution in [0.4, 0.5) is 0 Å². The van der Waals surface area contributed by atoms with Crippen LogP contribution in [0.15, 0.2) is 24.7 Å². The van der Waals surface area contributed by atoms with Gasteiger partial charge >= 0.3 is 0 Å². The number of hydrogen-bond acceptors (Lipinski definition) is 6. The topological polar surface area (TPSA) is 83.5 Å². The second-order valence-corrected chi connectivity index (χ2v) is 8.92. The molecule has 8 heteroatoms. The lowest BCUT2D eigenvalue weighted by Gasteiger charge is -2.41. The number of carbonyl (C=O) groups excluding carboxylic acids is 1. The number of fused-ring (bicyclic) bond motifs is 2. The highest BCUT2D eigenvalue weighted by molar-refractivity contribution is 5.95. The zero-order chi connectivity index (χ0) is 20.4. The molecule has 0 radical (unpaired) electrons. The lowest BCUT2D eigenvalue weighted by atomic mass is 9.62. The summed E-state index contributed by atoms with van der Waals surface area (Å²) in [6, 6.07) is 1.72. The Morgan fingerprint density at radius 3 is 2.72 bits per heavy atom. The van der Waals surface area contributed by atoms with Gasteiger partial charge in [0.05, 0.1) is 24.0 Å². The number of imidazole rings is 1. The Hall–Kier alpha value is -2.74. The van der Waals surface area contributed by atoms with Crippen LogP contribution in [0, 0.1) is 0 Å². The summed E-state index contributed by atoms with van der Waals surface area (Å²) in [6.45, 7) is 6.74. The molecule has 3 aliphatic rings. The summed E-state index contributed by atoms with van der Waals surface area (Å²) < 4.78 is 15.4. The number of ketones is 1. The monoisotopic (exact) mass is 395 g/mol. The van der Waals surface area contributed by atoms with Gasteiger partial charge in [0.2, 0.25) is 11.7 Å². The van der Waals surface area contributed by atoms with Crippen LogP contribution >= 0.6 is 0 Å². The normalized spacial score (nSPS) is 25.6. The second kappa shape index (κ2) is 6.13. The van der Waals surface area contributed by atoms with E-state index in [-0.39, 0.29) is 29.3 Å². The predicted molar refractivity (Wildman–Crippen MR) is 105 cm³/mol. The van der Waals surface area contributed by atoms with Gasteiger partial charge in [0.1, 0.15) is 5.69 Å². The van der Waals surface area contributed by atoms with E-state index in [9.17, 15) is 4.79 Å². The summed E-state index contributed by atoms with van der Waals surface area (Å²) in [5.74, 6) is 0.963. The minimum Gasteiger partial charge on any atom is -0.475 e. The number of aromatic nitrogens is 5. The zero-order valence-electron chi connectivity index (χ0n) is 17.2. The molecule has 0 atom stereocenters. The molecular weight excluding hydrogens is 370 g/mol. The summed E-state index contributed by atoms with van der Waals surface area (Å²) in [5.41, 5.74) is 2.15. The van der Waals surface area contributed by atoms with Crippen molar-refractivity contribution in [2.24, 2.45) is 7.05 Å². The number of aryl methyl sites for hydroxylation is 1. The minimum atomic E-state index is -0.0711. The molecule has 2 saturated heterocycles. The van der Waals surface area contributed by atoms with Gasteiger partial charge in [-0.2, -0.15) is 10.1 Å². The van der Waals surface area contributed by atoms with Crippen LogP contribution in [0.2, 0.25) is 0 Å². The number of nitrogens with zero attached hydrogens (tertiary/aromatic N) is 5. The number of carbonyl (C=O) groups is 1. The maximum Gasteiger partial charge on any atom is 0.237 e. The van der Waals surface area contributed by atoms with E-state index in [4.69, 9.17) is 14.5 Å². The predicted octanol–water partition coefficient (Wildman–Crippen LogP) is 2.50. The molecule has 8 nitrogen and oxygen atoms in total. The van der Waals surface area contributed by atoms with E-state index < -0.39 is 0 Å². The molecule has 0 N–H and O–H groups in total. The molecule has 152 valence electrons. The Kier molecular flexibility index (Phi) is 3.87. The van der Waals surface area contributed by atoms with Gasteiger partial charge in [-0.15, -0.1) is 0 Å². The third-order valence-corrected chi connectivity index (χ3v) is 5.85. The lowest BCUT2D eigenvalue weighted by Crippen LogP contribution is -2.45. The highest BCUT2D eigenvalue weighted by Crippen LogP contribution is 2.58. The Bertz CT molecular complexity index is 1110. The van der Waals surface area contributed by atoms with Gasteiger partial charge in [-0.3, -0.25) is 13.9 Å². The molecule has 6 rings (SSSR count). The molecule has 2 bridgehead atoms. The van der Waals surface area contributed by atoms with Crippen LogP contribution < -0.4 is 4.74 Å². The maximum absolute atomic E-state index is 12.7. The second-order valence-electron chi connectivity index (χ2n) is 8.92. The van der Waals surface area contributed by atoms with E-state index in [1.54, 1.807) is 24.0 Å². The molecule has 3 fully saturated rings. The quantitative estimate of drug-likeness (QED) is 0.597. The molecule has 0 aromatic carbocycles. The van der Waals surface area contributed by atoms with Crippen LogP contribution in [0.25, 0.3) is 5.78 Å². The number of ether oxygens (including phenoxy) is 2. The van der Waals surface area contributed by atoms with Crippen molar-refractivity contribution >= 4 is 11.6 Å². The summed E-state index contributed by atoms with van der Waals surface area (Å²) in [4.78, 5) is 22.1. The molecule has 0 amide bonds. The number of hydrogen-bond donors (Lipinski definition) is 0. The van der Waals surface area contributed by atoms with Gasteiger partial charge in [0, 0.05) is 43.0 Å². The van der Waals surface area contributed by atoms with Crippen LogP contribution in [-0.4, -0.2) is 48.2 Å². The van der Waals surface area contributed by atoms with E-state index >= 15 is 0 Å². The third-order valence-electron chi connectivity index (χ3n) is 5.85. The van der Waals surface area contributed by atoms with E-state index in [2.05, 4.69) is 17.0 Å². The summed E-state index contributed by atoms with van der Waals surface area (Å²) in [5, 5.41) is 4.21. The average Bonchev–Trinajstić information content (AvgIpc) is 3.36. The van der Waals surface area contributed by atoms with Crippen molar-refractivity contribution in [1.29, 1.82) is 0 Å². The van der Waals surface area contributed by atoms with Gasteiger partial charge in [-0.05, 0) is 39.7 Å². The molecule has 3 aromatic rings. The highest BCUT2D eigenvalue weighted by atomic mass is 16.5. The molecule has 0 spiro atoms. The van der Waals surface area contributed by atoms with Crippen molar-refractivity contribution in [3.8, 4) is 5.88 Å². The zero-order valence-corrected chi connectivity index (χ0v) is 17.2. The van der Waals surface area contributed by atoms with Crippen molar-refractivity contribution in [3.05, 3.63) is 41.6 Å². The first-order valence-electron chi connectivity index (χ1n) is 9.98. The lowest BCUT2D eigenvalue weighted by molar-refractivity contribution is 0.0154. The van der Waals surface area contributed by atoms with E-state index in [1.165, 1.54) is 0 Å². The summed E-state index contributed by atoms with van der Waals surface area (Å²) in [7, 11) is 1.79. The van der Waals surface area contributed by atoms with Gasteiger partial charge in [-0.25, -0.2) is 4.98 Å². The first kappa shape index (κ1) is 18.3. The van der Waals surface area contributed by atoms with Crippen LogP contribution in [-0.2, 0) is 23.6 Å². The van der Waals surface area contributed by atoms with Crippen molar-refractivity contribution in [1.82, 2.24) is 24.1 Å². The van der Waals surface area contributed by atoms with Gasteiger partial charge in [0.25, 0.3) is 0 Å². The summed E-state index contributed by atoms with van der Waals surface area (Å²) >= 11 is 0. The van der Waals surface area contributed by atoms with Crippen LogP contribution in [0.5, 0.6) is 5.88 Å². The fraction of sp³-hybridized carbons (Fsp3) is 0.524. The third kappa shape index (κ3) is 3.02. The van der Waals surface area contributed by atoms with Gasteiger partial charge < -0.3 is 9.47 Å². The minimum absolute atomic E-state index is 0.00456. The van der Waals surface area contributed by atoms with E-state index in [0.717, 1.165) is 24.1 Å². The van der Waals surface area contributed by atoms with Crippen LogP contribution in [0.3, 0.4) is 0 Å². The Labute approximate surface area is 168 Å². The molecule has 5 heterocycles. The van der Waals surface area contributed by atoms with Crippen molar-refractivity contribution in [2.45, 2.75) is 57.2 Å². The summed E-state index contributed by atoms with van der Waals surface area (Å²) in [6.07, 6.45) is 7.78. The average molecular weight is 395 g/mol. The maximum atomic E-state index is 12.7. The molecular formula is C21H25N5O3. The Balaban J connectivity index is 1.50. The largest absolute Gasteiger partial charge is 0.475 e. The van der Waals surface area contributed by atoms with Crippen molar-refractivity contribution in [2.75, 3.05) is 6.61 Å². The van der Waals surface area contributed by atoms with E-state index in [0.29, 0.717) is 24.0 Å². The van der Waals surface area contributed by atoms with Gasteiger partial charge in [0.15, 0.2) is 5.78 Å². The molecule has 29 heavy (non-hydrogen) atoms. The first-order chi connectivity index (χ1) is 13.8. The van der Waals surface area contributed by atoms with Gasteiger partial charge in [-0.1, -0.05) is 0 Å². The van der Waals surface area contributed by atoms with Crippen molar-refractivity contribution in [3.63, 3.8) is 0 Å². The molecule has 3 aromatic heterocycles. The standard InChI is InChI=1S/C21H25N5O3/c1-13(2)29-18-14(7-16(27)15-5-6-25(4)24-15)8-26-9-17(22-19(26)23-18)21-10-20(3,11-21)28-12-21/h5-6,8-9,13H,7,10-12H2,1-4H3. The number of rotatable bonds is 6. The first-order valence-corrected chi connectivity index (χ1v) is 9.98. The van der Waals surface area contributed by atoms with E-state index in [1.807, 2.05) is 30.6 Å². The molecule has 1 saturated carbocycles. The smallest absolute Gasteiger partial charge is 0.237 e. The molecule has 0 unspecified atom stereocenters. The fourth-order valence-electron chi connectivity index (χ4n) is 4.63. The molecule has 1 aliphatic carbocycles. The molecule has 2 aliphatic heterocycles. The Morgan fingerprint density at radius 2 is 2.10 bits per heavy atom. The van der Waals surface area contributed by atoms with Crippen LogP contribution in [0.1, 0.15) is 55.4 Å². The van der Waals surface area contributed by atoms with Crippen molar-refractivity contribution < 1.29 is 14.3 Å². The highest BCUT2D eigenvalue weighted by Gasteiger charge is 2.61. The SMILES string of the molecule is CC(C)Oc1nc2nc(C34COC(C)(C3)C4)cn2cc1CC(=O)c1ccn(C)n1. The fourth-order valence-corrected chi connectivity index (χ4v) is 4.63. The number of Topliss-reactive ketones (excluding diaryl/α,β-unsaturated/α-hetero) is 1. The Morgan fingerprint density at radius 1 is 1.31 bits per heavy atom.